The Balaban J connectivity index is 4.83. The van der Waals surface area contributed by atoms with Gasteiger partial charge in [-0.25, -0.2) is 4.79 Å². The number of methoxy groups -OCH3 is 3. The molecule has 0 amide bonds. The summed E-state index contributed by atoms with van der Waals surface area (Å²) < 4.78 is 13.4. The largest absolute Gasteiger partial charge is 0.479 e. The van der Waals surface area contributed by atoms with Gasteiger partial charge in [-0.1, -0.05) is 0 Å². The van der Waals surface area contributed by atoms with Gasteiger partial charge in [0.15, 0.2) is 6.10 Å². The second-order valence-corrected chi connectivity index (χ2v) is 2.90. The molecule has 7 heteroatoms. The minimum Gasteiger partial charge on any atom is -0.479 e. The van der Waals surface area contributed by atoms with Crippen LogP contribution in [0.15, 0.2) is 0 Å². The quantitative estimate of drug-likeness (QED) is 0.615. The van der Waals surface area contributed by atoms with E-state index in [1.165, 1.54) is 0 Å². The number of aliphatic carboxylic acids is 1. The average molecular weight is 234 g/mol. The summed E-state index contributed by atoms with van der Waals surface area (Å²) in [6.07, 6.45) is -1.85. The van der Waals surface area contributed by atoms with Crippen LogP contribution in [0.2, 0.25) is 0 Å². The molecule has 0 bridgehead atoms. The average Bonchev–Trinajstić information content (AvgIpc) is 2.26. The third kappa shape index (κ3) is 3.85. The van der Waals surface area contributed by atoms with Gasteiger partial charge in [-0.15, -0.1) is 0 Å². The molecule has 7 nitrogen and oxygen atoms in total. The first-order valence-electron chi connectivity index (χ1n) is 4.38. The first-order valence-corrected chi connectivity index (χ1v) is 4.38. The molecule has 0 aliphatic heterocycles. The van der Waals surface area contributed by atoms with Crippen LogP contribution in [0.5, 0.6) is 0 Å². The monoisotopic (exact) mass is 234 g/mol. The molecular formula is C9H14O7. The molecule has 1 N–H and O–H groups in total. The minimum atomic E-state index is -1.44. The van der Waals surface area contributed by atoms with Crippen LogP contribution in [0, 0.1) is 5.92 Å². The van der Waals surface area contributed by atoms with E-state index >= 15 is 0 Å². The van der Waals surface area contributed by atoms with Crippen LogP contribution in [0.4, 0.5) is 0 Å². The van der Waals surface area contributed by atoms with E-state index in [0.29, 0.717) is 0 Å². The first kappa shape index (κ1) is 14.4. The number of carboxylic acids is 1. The van der Waals surface area contributed by atoms with Crippen molar-refractivity contribution in [1.29, 1.82) is 0 Å². The van der Waals surface area contributed by atoms with E-state index in [1.54, 1.807) is 0 Å². The van der Waals surface area contributed by atoms with Gasteiger partial charge in [-0.2, -0.15) is 0 Å². The van der Waals surface area contributed by atoms with E-state index in [0.717, 1.165) is 21.3 Å². The molecule has 2 atom stereocenters. The fourth-order valence-corrected chi connectivity index (χ4v) is 1.17. The Morgan fingerprint density at radius 3 is 2.00 bits per heavy atom. The van der Waals surface area contributed by atoms with Gasteiger partial charge >= 0.3 is 17.9 Å². The molecule has 0 aliphatic carbocycles. The molecule has 2 unspecified atom stereocenters. The van der Waals surface area contributed by atoms with Crippen LogP contribution in [-0.4, -0.2) is 50.4 Å². The van der Waals surface area contributed by atoms with E-state index in [1.807, 2.05) is 0 Å². The number of carbonyl (C=O) groups excluding carboxylic acids is 2. The fourth-order valence-electron chi connectivity index (χ4n) is 1.17. The lowest BCUT2D eigenvalue weighted by molar-refractivity contribution is -0.166. The summed E-state index contributed by atoms with van der Waals surface area (Å²) >= 11 is 0. The second-order valence-electron chi connectivity index (χ2n) is 2.90. The normalized spacial score (nSPS) is 13.7. The standard InChI is InChI=1S/C9H14O7/c1-14-6(10)4-5(9(13)16-3)7(15-2)8(11)12/h5,7H,4H2,1-3H3,(H,11,12). The molecule has 0 aromatic rings. The molecule has 0 saturated heterocycles. The Morgan fingerprint density at radius 2 is 1.69 bits per heavy atom. The van der Waals surface area contributed by atoms with Crippen LogP contribution in [0.3, 0.4) is 0 Å². The smallest absolute Gasteiger partial charge is 0.333 e. The highest BCUT2D eigenvalue weighted by Crippen LogP contribution is 2.15. The summed E-state index contributed by atoms with van der Waals surface area (Å²) in [5.41, 5.74) is 0. The van der Waals surface area contributed by atoms with Crippen molar-refractivity contribution in [1.82, 2.24) is 0 Å². The zero-order chi connectivity index (χ0) is 12.7. The number of carbonyl (C=O) groups is 3. The predicted octanol–water partition coefficient (Wildman–Crippen LogP) is -0.562. The van der Waals surface area contributed by atoms with Gasteiger partial charge < -0.3 is 19.3 Å². The summed E-state index contributed by atoms with van der Waals surface area (Å²) in [5, 5.41) is 8.79. The highest BCUT2D eigenvalue weighted by Gasteiger charge is 2.36. The van der Waals surface area contributed by atoms with Crippen molar-refractivity contribution in [2.75, 3.05) is 21.3 Å². The molecule has 0 saturated carbocycles. The lowest BCUT2D eigenvalue weighted by atomic mass is 9.98. The molecule has 0 heterocycles. The van der Waals surface area contributed by atoms with Gasteiger partial charge in [0.1, 0.15) is 5.92 Å². The highest BCUT2D eigenvalue weighted by atomic mass is 16.5. The summed E-state index contributed by atoms with van der Waals surface area (Å²) in [5.74, 6) is -4.11. The molecule has 92 valence electrons. The van der Waals surface area contributed by atoms with Crippen molar-refractivity contribution in [3.8, 4) is 0 Å². The molecule has 0 spiro atoms. The second kappa shape index (κ2) is 6.78. The van der Waals surface area contributed by atoms with Gasteiger partial charge in [0.05, 0.1) is 20.6 Å². The minimum absolute atomic E-state index is 0.409. The van der Waals surface area contributed by atoms with Gasteiger partial charge in [-0.05, 0) is 0 Å². The van der Waals surface area contributed by atoms with Crippen LogP contribution < -0.4 is 0 Å². The van der Waals surface area contributed by atoms with Crippen molar-refractivity contribution in [2.24, 2.45) is 5.92 Å². The number of esters is 2. The Hall–Kier alpha value is -1.63. The van der Waals surface area contributed by atoms with Gasteiger partial charge in [0.25, 0.3) is 0 Å². The fraction of sp³-hybridized carbons (Fsp3) is 0.667. The summed E-state index contributed by atoms with van der Waals surface area (Å²) in [6.45, 7) is 0. The first-order chi connectivity index (χ1) is 7.47. The zero-order valence-electron chi connectivity index (χ0n) is 9.26. The van der Waals surface area contributed by atoms with Crippen molar-refractivity contribution < 1.29 is 33.7 Å². The van der Waals surface area contributed by atoms with Crippen molar-refractivity contribution in [3.63, 3.8) is 0 Å². The van der Waals surface area contributed by atoms with Crippen LogP contribution in [0.25, 0.3) is 0 Å². The molecule has 0 aromatic heterocycles. The number of hydrogen-bond acceptors (Lipinski definition) is 6. The maximum atomic E-state index is 11.3. The van der Waals surface area contributed by atoms with E-state index < -0.39 is 36.4 Å². The van der Waals surface area contributed by atoms with E-state index in [2.05, 4.69) is 14.2 Å². The molecule has 0 aromatic carbocycles. The van der Waals surface area contributed by atoms with E-state index in [-0.39, 0.29) is 0 Å². The molecule has 0 radical (unpaired) electrons. The van der Waals surface area contributed by atoms with E-state index in [9.17, 15) is 14.4 Å². The lowest BCUT2D eigenvalue weighted by Gasteiger charge is -2.19. The highest BCUT2D eigenvalue weighted by molar-refractivity contribution is 5.86. The number of hydrogen-bond donors (Lipinski definition) is 1. The van der Waals surface area contributed by atoms with Crippen molar-refractivity contribution >= 4 is 17.9 Å². The third-order valence-corrected chi connectivity index (χ3v) is 1.98. The Bertz CT molecular complexity index is 273. The lowest BCUT2D eigenvalue weighted by Crippen LogP contribution is -2.38. The van der Waals surface area contributed by atoms with E-state index in [4.69, 9.17) is 5.11 Å². The summed E-state index contributed by atoms with van der Waals surface area (Å²) in [6, 6.07) is 0. The van der Waals surface area contributed by atoms with Crippen LogP contribution in [0.1, 0.15) is 6.42 Å². The molecule has 0 aliphatic rings. The molecule has 0 fully saturated rings. The Kier molecular flexibility index (Phi) is 6.09. The molecular weight excluding hydrogens is 220 g/mol. The van der Waals surface area contributed by atoms with Crippen molar-refractivity contribution in [2.45, 2.75) is 12.5 Å². The third-order valence-electron chi connectivity index (χ3n) is 1.98. The Morgan fingerprint density at radius 1 is 1.12 bits per heavy atom. The van der Waals surface area contributed by atoms with Crippen molar-refractivity contribution in [3.05, 3.63) is 0 Å². The number of rotatable bonds is 6. The van der Waals surface area contributed by atoms with Gasteiger partial charge in [0.2, 0.25) is 0 Å². The van der Waals surface area contributed by atoms with Crippen LogP contribution >= 0.6 is 0 Å². The zero-order valence-corrected chi connectivity index (χ0v) is 9.26. The van der Waals surface area contributed by atoms with Gasteiger partial charge in [0, 0.05) is 7.11 Å². The maximum Gasteiger partial charge on any atom is 0.333 e. The number of ether oxygens (including phenoxy) is 3. The van der Waals surface area contributed by atoms with Gasteiger partial charge in [-0.3, -0.25) is 9.59 Å². The summed E-state index contributed by atoms with van der Waals surface area (Å²) in [7, 11) is 3.37. The maximum absolute atomic E-state index is 11.3. The summed E-state index contributed by atoms with van der Waals surface area (Å²) in [4.78, 5) is 33.1. The Labute approximate surface area is 92.3 Å². The SMILES string of the molecule is COC(=O)CC(C(=O)OC)C(OC)C(=O)O. The van der Waals surface area contributed by atoms with Crippen LogP contribution in [-0.2, 0) is 28.6 Å². The predicted molar refractivity (Wildman–Crippen MR) is 50.6 cm³/mol. The molecule has 0 rings (SSSR count). The topological polar surface area (TPSA) is 99.1 Å². The number of carboxylic acid groups (broad SMARTS) is 1. The molecule has 16 heavy (non-hydrogen) atoms.